The van der Waals surface area contributed by atoms with Crippen LogP contribution < -0.4 is 4.90 Å². The Kier molecular flexibility index (Phi) is 4.82. The molecule has 0 saturated heterocycles. The number of carbonyl (C=O) groups is 1. The molecule has 0 aliphatic carbocycles. The van der Waals surface area contributed by atoms with Crippen molar-refractivity contribution in [2.45, 2.75) is 24.6 Å². The lowest BCUT2D eigenvalue weighted by Gasteiger charge is -2.22. The number of hydrogen-bond donors (Lipinski definition) is 0. The SMILES string of the molecule is C[C@@H]1Cc2ccccc2N1C(=O)CSc1nnc(-c2cccc(Br)c2)o1. The van der Waals surface area contributed by atoms with Crippen LogP contribution >= 0.6 is 27.7 Å². The number of hydrogen-bond acceptors (Lipinski definition) is 5. The van der Waals surface area contributed by atoms with Crippen molar-refractivity contribution in [1.82, 2.24) is 10.2 Å². The lowest BCUT2D eigenvalue weighted by molar-refractivity contribution is -0.116. The zero-order valence-corrected chi connectivity index (χ0v) is 16.5. The van der Waals surface area contributed by atoms with Gasteiger partial charge in [-0.25, -0.2) is 0 Å². The van der Waals surface area contributed by atoms with E-state index in [0.29, 0.717) is 11.1 Å². The van der Waals surface area contributed by atoms with E-state index in [4.69, 9.17) is 4.42 Å². The summed E-state index contributed by atoms with van der Waals surface area (Å²) < 4.78 is 6.63. The maximum atomic E-state index is 12.7. The average molecular weight is 430 g/mol. The van der Waals surface area contributed by atoms with Crippen molar-refractivity contribution in [1.29, 1.82) is 0 Å². The largest absolute Gasteiger partial charge is 0.411 e. The molecule has 132 valence electrons. The second-order valence-corrected chi connectivity index (χ2v) is 7.96. The number of halogens is 1. The number of aromatic nitrogens is 2. The van der Waals surface area contributed by atoms with E-state index in [1.54, 1.807) is 0 Å². The minimum atomic E-state index is 0.0506. The van der Waals surface area contributed by atoms with Crippen molar-refractivity contribution < 1.29 is 9.21 Å². The summed E-state index contributed by atoms with van der Waals surface area (Å²) in [6.45, 7) is 2.07. The molecule has 0 N–H and O–H groups in total. The van der Waals surface area contributed by atoms with Gasteiger partial charge in [-0.2, -0.15) is 0 Å². The second kappa shape index (κ2) is 7.25. The lowest BCUT2D eigenvalue weighted by atomic mass is 10.1. The summed E-state index contributed by atoms with van der Waals surface area (Å²) in [7, 11) is 0. The average Bonchev–Trinajstić information content (AvgIpc) is 3.23. The minimum absolute atomic E-state index is 0.0506. The molecule has 1 aliphatic heterocycles. The van der Waals surface area contributed by atoms with Crippen LogP contribution in [0, 0.1) is 0 Å². The summed E-state index contributed by atoms with van der Waals surface area (Å²) in [5, 5.41) is 8.51. The Bertz CT molecular complexity index is 959. The molecule has 0 fully saturated rings. The second-order valence-electron chi connectivity index (χ2n) is 6.12. The van der Waals surface area contributed by atoms with Gasteiger partial charge in [-0.05, 0) is 43.2 Å². The van der Waals surface area contributed by atoms with Gasteiger partial charge in [0.2, 0.25) is 11.8 Å². The summed E-state index contributed by atoms with van der Waals surface area (Å²) in [4.78, 5) is 14.6. The number of fused-ring (bicyclic) bond motifs is 1. The van der Waals surface area contributed by atoms with Crippen molar-refractivity contribution in [3.8, 4) is 11.5 Å². The molecule has 0 saturated carbocycles. The highest BCUT2D eigenvalue weighted by Gasteiger charge is 2.30. The van der Waals surface area contributed by atoms with Gasteiger partial charge >= 0.3 is 0 Å². The maximum absolute atomic E-state index is 12.7. The van der Waals surface area contributed by atoms with E-state index < -0.39 is 0 Å². The Morgan fingerprint density at radius 2 is 2.12 bits per heavy atom. The molecule has 7 heteroatoms. The molecule has 3 aromatic rings. The van der Waals surface area contributed by atoms with Gasteiger partial charge in [-0.3, -0.25) is 4.79 Å². The van der Waals surface area contributed by atoms with Crippen molar-refractivity contribution in [3.63, 3.8) is 0 Å². The molecule has 26 heavy (non-hydrogen) atoms. The smallest absolute Gasteiger partial charge is 0.277 e. The number of thioether (sulfide) groups is 1. The molecular weight excluding hydrogens is 414 g/mol. The first-order valence-corrected chi connectivity index (χ1v) is 10.0. The third-order valence-electron chi connectivity index (χ3n) is 4.27. The molecule has 0 unspecified atom stereocenters. The quantitative estimate of drug-likeness (QED) is 0.568. The van der Waals surface area contributed by atoms with Crippen molar-refractivity contribution in [3.05, 3.63) is 58.6 Å². The highest BCUT2D eigenvalue weighted by molar-refractivity contribution is 9.10. The van der Waals surface area contributed by atoms with E-state index in [9.17, 15) is 4.79 Å². The Morgan fingerprint density at radius 1 is 1.27 bits per heavy atom. The van der Waals surface area contributed by atoms with Gasteiger partial charge in [0, 0.05) is 21.8 Å². The van der Waals surface area contributed by atoms with Crippen LogP contribution in [0.25, 0.3) is 11.5 Å². The molecule has 0 spiro atoms. The molecule has 0 radical (unpaired) electrons. The number of anilines is 1. The summed E-state index contributed by atoms with van der Waals surface area (Å²) in [5.41, 5.74) is 3.06. The molecule has 1 amide bonds. The normalized spacial score (nSPS) is 15.9. The predicted molar refractivity (Wildman–Crippen MR) is 105 cm³/mol. The first kappa shape index (κ1) is 17.3. The van der Waals surface area contributed by atoms with Gasteiger partial charge in [0.25, 0.3) is 5.22 Å². The number of para-hydroxylation sites is 1. The summed E-state index contributed by atoms with van der Waals surface area (Å²) in [5.74, 6) is 0.759. The molecule has 4 rings (SSSR count). The van der Waals surface area contributed by atoms with Crippen molar-refractivity contribution >= 4 is 39.3 Å². The van der Waals surface area contributed by atoms with Crippen LogP contribution in [-0.4, -0.2) is 27.9 Å². The first-order chi connectivity index (χ1) is 12.6. The monoisotopic (exact) mass is 429 g/mol. The molecular formula is C19H16BrN3O2S. The van der Waals surface area contributed by atoms with Crippen LogP contribution in [-0.2, 0) is 11.2 Å². The molecule has 1 aromatic heterocycles. The molecule has 5 nitrogen and oxygen atoms in total. The fourth-order valence-electron chi connectivity index (χ4n) is 3.14. The van der Waals surface area contributed by atoms with Crippen LogP contribution in [0.4, 0.5) is 5.69 Å². The fraction of sp³-hybridized carbons (Fsp3) is 0.211. The Balaban J connectivity index is 1.44. The van der Waals surface area contributed by atoms with E-state index in [2.05, 4.69) is 39.1 Å². The number of benzene rings is 2. The predicted octanol–water partition coefficient (Wildman–Crippen LogP) is 4.57. The third-order valence-corrected chi connectivity index (χ3v) is 5.57. The maximum Gasteiger partial charge on any atom is 0.277 e. The number of carbonyl (C=O) groups excluding carboxylic acids is 1. The number of amides is 1. The van der Waals surface area contributed by atoms with Gasteiger partial charge < -0.3 is 9.32 Å². The highest BCUT2D eigenvalue weighted by Crippen LogP contribution is 2.33. The standard InChI is InChI=1S/C19H16BrN3O2S/c1-12-9-13-5-2-3-8-16(13)23(12)17(24)11-26-19-22-21-18(25-19)14-6-4-7-15(20)10-14/h2-8,10,12H,9,11H2,1H3/t12-/m1/s1. The van der Waals surface area contributed by atoms with Gasteiger partial charge in [0.15, 0.2) is 0 Å². The van der Waals surface area contributed by atoms with Gasteiger partial charge in [0.1, 0.15) is 0 Å². The van der Waals surface area contributed by atoms with Crippen LogP contribution in [0.15, 0.2) is 62.6 Å². The summed E-state index contributed by atoms with van der Waals surface area (Å²) in [6, 6.07) is 15.9. The van der Waals surface area contributed by atoms with Crippen LogP contribution in [0.2, 0.25) is 0 Å². The van der Waals surface area contributed by atoms with Crippen molar-refractivity contribution in [2.75, 3.05) is 10.7 Å². The minimum Gasteiger partial charge on any atom is -0.411 e. The molecule has 0 bridgehead atoms. The molecule has 2 heterocycles. The topological polar surface area (TPSA) is 59.2 Å². The van der Waals surface area contributed by atoms with E-state index >= 15 is 0 Å². The zero-order chi connectivity index (χ0) is 18.1. The number of nitrogens with zero attached hydrogens (tertiary/aromatic N) is 3. The molecule has 1 atom stereocenters. The molecule has 1 aliphatic rings. The Hall–Kier alpha value is -2.12. The van der Waals surface area contributed by atoms with E-state index in [0.717, 1.165) is 22.1 Å². The van der Waals surface area contributed by atoms with Crippen LogP contribution in [0.3, 0.4) is 0 Å². The highest BCUT2D eigenvalue weighted by atomic mass is 79.9. The van der Waals surface area contributed by atoms with Gasteiger partial charge in [0.05, 0.1) is 5.75 Å². The Labute approximate surface area is 163 Å². The van der Waals surface area contributed by atoms with E-state index in [-0.39, 0.29) is 17.7 Å². The zero-order valence-electron chi connectivity index (χ0n) is 14.1. The van der Waals surface area contributed by atoms with Crippen LogP contribution in [0.1, 0.15) is 12.5 Å². The van der Waals surface area contributed by atoms with Gasteiger partial charge in [-0.1, -0.05) is 52.0 Å². The fourth-order valence-corrected chi connectivity index (χ4v) is 4.17. The number of rotatable bonds is 4. The van der Waals surface area contributed by atoms with Crippen LogP contribution in [0.5, 0.6) is 0 Å². The summed E-state index contributed by atoms with van der Waals surface area (Å²) in [6.07, 6.45) is 0.889. The summed E-state index contributed by atoms with van der Waals surface area (Å²) >= 11 is 4.70. The van der Waals surface area contributed by atoms with Gasteiger partial charge in [-0.15, -0.1) is 10.2 Å². The Morgan fingerprint density at radius 3 is 2.96 bits per heavy atom. The first-order valence-electron chi connectivity index (χ1n) is 8.24. The van der Waals surface area contributed by atoms with E-state index in [1.807, 2.05) is 47.4 Å². The van der Waals surface area contributed by atoms with E-state index in [1.165, 1.54) is 17.3 Å². The van der Waals surface area contributed by atoms with Crippen molar-refractivity contribution in [2.24, 2.45) is 0 Å². The molecule has 2 aromatic carbocycles. The third kappa shape index (κ3) is 3.41. The lowest BCUT2D eigenvalue weighted by Crippen LogP contribution is -2.36.